The Morgan fingerprint density at radius 3 is 2.80 bits per heavy atom. The van der Waals surface area contributed by atoms with E-state index in [-0.39, 0.29) is 10.0 Å². The third-order valence-corrected chi connectivity index (χ3v) is 4.19. The summed E-state index contributed by atoms with van der Waals surface area (Å²) >= 11 is 3.04. The molecule has 0 radical (unpaired) electrons. The van der Waals surface area contributed by atoms with Crippen molar-refractivity contribution in [2.75, 3.05) is 18.0 Å². The quantitative estimate of drug-likeness (QED) is 0.660. The van der Waals surface area contributed by atoms with Crippen LogP contribution in [0.2, 0.25) is 0 Å². The topological polar surface area (TPSA) is 49.4 Å². The monoisotopic (exact) mass is 340 g/mol. The number of carbonyl (C=O) groups excluding carboxylic acids is 2. The highest BCUT2D eigenvalue weighted by molar-refractivity contribution is 9.10. The molecule has 0 unspecified atom stereocenters. The van der Waals surface area contributed by atoms with Gasteiger partial charge in [0.25, 0.3) is 11.7 Å². The Hall–Kier alpha value is -1.27. The van der Waals surface area contributed by atoms with E-state index in [9.17, 15) is 14.0 Å². The molecule has 1 fully saturated rings. The molecule has 1 heterocycles. The van der Waals surface area contributed by atoms with Crippen LogP contribution in [0.25, 0.3) is 0 Å². The summed E-state index contributed by atoms with van der Waals surface area (Å²) in [5.41, 5.74) is 0.658. The van der Waals surface area contributed by atoms with Crippen molar-refractivity contribution < 1.29 is 14.0 Å². The number of halogens is 2. The van der Waals surface area contributed by atoms with Crippen molar-refractivity contribution in [1.82, 2.24) is 5.32 Å². The molecule has 0 saturated heterocycles. The van der Waals surface area contributed by atoms with E-state index in [2.05, 4.69) is 21.2 Å². The summed E-state index contributed by atoms with van der Waals surface area (Å²) in [6.45, 7) is 1.23. The van der Waals surface area contributed by atoms with Gasteiger partial charge in [0.1, 0.15) is 5.82 Å². The Labute approximate surface area is 124 Å². The van der Waals surface area contributed by atoms with Crippen LogP contribution >= 0.6 is 15.9 Å². The predicted octanol–water partition coefficient (Wildman–Crippen LogP) is 2.26. The van der Waals surface area contributed by atoms with Crippen LogP contribution in [-0.4, -0.2) is 30.8 Å². The maximum atomic E-state index is 13.6. The van der Waals surface area contributed by atoms with Crippen molar-refractivity contribution in [3.05, 3.63) is 28.0 Å². The lowest BCUT2D eigenvalue weighted by molar-refractivity contribution is -0.114. The summed E-state index contributed by atoms with van der Waals surface area (Å²) in [5, 5.41) is 3.35. The first kappa shape index (κ1) is 13.7. The van der Waals surface area contributed by atoms with Crippen LogP contribution in [0.4, 0.5) is 10.1 Å². The number of nitrogens with one attached hydrogen (secondary N) is 1. The lowest BCUT2D eigenvalue weighted by atomic mass is 10.1. The van der Waals surface area contributed by atoms with Gasteiger partial charge >= 0.3 is 0 Å². The Bertz CT molecular complexity index is 587. The number of benzene rings is 1. The largest absolute Gasteiger partial charge is 0.314 e. The molecule has 1 N–H and O–H groups in total. The fraction of sp³-hybridized carbons (Fsp3) is 0.429. The number of amides is 1. The predicted molar refractivity (Wildman–Crippen MR) is 76.4 cm³/mol. The molecule has 6 heteroatoms. The summed E-state index contributed by atoms with van der Waals surface area (Å²) in [7, 11) is 0. The van der Waals surface area contributed by atoms with Gasteiger partial charge in [0, 0.05) is 12.6 Å². The highest BCUT2D eigenvalue weighted by Crippen LogP contribution is 2.33. The zero-order valence-corrected chi connectivity index (χ0v) is 12.4. The lowest BCUT2D eigenvalue weighted by Gasteiger charge is -2.16. The summed E-state index contributed by atoms with van der Waals surface area (Å²) in [6.07, 6.45) is 3.17. The van der Waals surface area contributed by atoms with E-state index in [0.717, 1.165) is 13.0 Å². The normalized spacial score (nSPS) is 17.8. The van der Waals surface area contributed by atoms with Crippen LogP contribution in [0.3, 0.4) is 0 Å². The molecule has 2 aliphatic rings. The number of nitrogens with zero attached hydrogens (tertiary/aromatic N) is 1. The summed E-state index contributed by atoms with van der Waals surface area (Å²) in [6, 6.07) is 3.25. The van der Waals surface area contributed by atoms with Gasteiger partial charge in [-0.05, 0) is 53.9 Å². The molecular formula is C14H14BrFN2O2. The highest BCUT2D eigenvalue weighted by atomic mass is 79.9. The molecule has 4 nitrogen and oxygen atoms in total. The van der Waals surface area contributed by atoms with Crippen molar-refractivity contribution in [1.29, 1.82) is 0 Å². The van der Waals surface area contributed by atoms with E-state index in [4.69, 9.17) is 0 Å². The third kappa shape index (κ3) is 2.50. The third-order valence-electron chi connectivity index (χ3n) is 3.58. The van der Waals surface area contributed by atoms with Crippen LogP contribution in [0, 0.1) is 5.82 Å². The second-order valence-electron chi connectivity index (χ2n) is 5.15. The first-order valence-electron chi connectivity index (χ1n) is 6.66. The van der Waals surface area contributed by atoms with Gasteiger partial charge in [0.15, 0.2) is 0 Å². The molecular weight excluding hydrogens is 327 g/mol. The number of Topliss-reactive ketones (excluding diaryl/α,β-unsaturated/α-hetero) is 1. The van der Waals surface area contributed by atoms with E-state index >= 15 is 0 Å². The number of rotatable bonds is 5. The zero-order chi connectivity index (χ0) is 14.3. The van der Waals surface area contributed by atoms with Gasteiger partial charge in [-0.15, -0.1) is 0 Å². The molecule has 1 aromatic carbocycles. The van der Waals surface area contributed by atoms with Gasteiger partial charge < -0.3 is 10.2 Å². The molecule has 0 atom stereocenters. The number of hydrogen-bond acceptors (Lipinski definition) is 3. The van der Waals surface area contributed by atoms with Crippen molar-refractivity contribution in [3.8, 4) is 0 Å². The minimum absolute atomic E-state index is 0.203. The highest BCUT2D eigenvalue weighted by Gasteiger charge is 2.36. The van der Waals surface area contributed by atoms with Crippen LogP contribution in [0.5, 0.6) is 0 Å². The average molecular weight is 341 g/mol. The molecule has 1 aliphatic carbocycles. The van der Waals surface area contributed by atoms with Crippen LogP contribution in [0.1, 0.15) is 29.6 Å². The van der Waals surface area contributed by atoms with Crippen LogP contribution < -0.4 is 10.2 Å². The van der Waals surface area contributed by atoms with Gasteiger partial charge in [0.2, 0.25) is 0 Å². The summed E-state index contributed by atoms with van der Waals surface area (Å²) < 4.78 is 13.8. The Morgan fingerprint density at radius 2 is 2.10 bits per heavy atom. The first-order valence-corrected chi connectivity index (χ1v) is 7.46. The van der Waals surface area contributed by atoms with Crippen LogP contribution in [0.15, 0.2) is 16.6 Å². The number of hydrogen-bond donors (Lipinski definition) is 1. The fourth-order valence-electron chi connectivity index (χ4n) is 2.34. The van der Waals surface area contributed by atoms with Gasteiger partial charge in [-0.3, -0.25) is 9.59 Å². The smallest absolute Gasteiger partial charge is 0.299 e. The number of anilines is 1. The van der Waals surface area contributed by atoms with Gasteiger partial charge in [-0.1, -0.05) is 0 Å². The van der Waals surface area contributed by atoms with Crippen molar-refractivity contribution in [2.24, 2.45) is 0 Å². The van der Waals surface area contributed by atoms with Crippen molar-refractivity contribution in [2.45, 2.75) is 25.3 Å². The molecule has 3 rings (SSSR count). The van der Waals surface area contributed by atoms with Crippen molar-refractivity contribution >= 4 is 33.3 Å². The van der Waals surface area contributed by atoms with E-state index in [1.54, 1.807) is 0 Å². The minimum atomic E-state index is -0.566. The molecule has 20 heavy (non-hydrogen) atoms. The van der Waals surface area contributed by atoms with Gasteiger partial charge in [-0.2, -0.15) is 0 Å². The molecule has 1 amide bonds. The van der Waals surface area contributed by atoms with Gasteiger partial charge in [0.05, 0.1) is 15.7 Å². The first-order chi connectivity index (χ1) is 9.58. The molecule has 1 aliphatic heterocycles. The SMILES string of the molecule is O=C1C(=O)N(CCCNC2CC2)c2cc(F)c(Br)cc21. The van der Waals surface area contributed by atoms with E-state index in [1.807, 2.05) is 0 Å². The summed E-state index contributed by atoms with van der Waals surface area (Å²) in [5.74, 6) is -1.59. The van der Waals surface area contributed by atoms with Gasteiger partial charge in [-0.25, -0.2) is 4.39 Å². The van der Waals surface area contributed by atoms with E-state index < -0.39 is 17.5 Å². The average Bonchev–Trinajstić information content (AvgIpc) is 3.21. The summed E-state index contributed by atoms with van der Waals surface area (Å²) in [4.78, 5) is 25.2. The molecule has 106 valence electrons. The van der Waals surface area contributed by atoms with Crippen molar-refractivity contribution in [3.63, 3.8) is 0 Å². The Morgan fingerprint density at radius 1 is 1.35 bits per heavy atom. The number of carbonyl (C=O) groups is 2. The van der Waals surface area contributed by atoms with Crippen LogP contribution in [-0.2, 0) is 4.79 Å². The maximum absolute atomic E-state index is 13.6. The molecule has 0 aromatic heterocycles. The maximum Gasteiger partial charge on any atom is 0.299 e. The Balaban J connectivity index is 1.73. The Kier molecular flexibility index (Phi) is 3.60. The zero-order valence-electron chi connectivity index (χ0n) is 10.8. The molecule has 1 saturated carbocycles. The molecule has 0 bridgehead atoms. The number of ketones is 1. The fourth-order valence-corrected chi connectivity index (χ4v) is 2.68. The minimum Gasteiger partial charge on any atom is -0.314 e. The lowest BCUT2D eigenvalue weighted by Crippen LogP contribution is -2.32. The second kappa shape index (κ2) is 5.26. The second-order valence-corrected chi connectivity index (χ2v) is 6.01. The van der Waals surface area contributed by atoms with E-state index in [0.29, 0.717) is 18.3 Å². The standard InChI is InChI=1S/C14H14BrFN2O2/c15-10-6-9-12(7-11(10)16)18(14(20)13(9)19)5-1-4-17-8-2-3-8/h6-8,17H,1-5H2. The number of fused-ring (bicyclic) bond motifs is 1. The van der Waals surface area contributed by atoms with E-state index in [1.165, 1.54) is 29.9 Å². The molecule has 1 aromatic rings. The molecule has 0 spiro atoms.